The second-order valence-electron chi connectivity index (χ2n) is 5.41. The Balaban J connectivity index is 1.94. The van der Waals surface area contributed by atoms with Crippen molar-refractivity contribution in [3.8, 4) is 0 Å². The quantitative estimate of drug-likeness (QED) is 0.528. The highest BCUT2D eigenvalue weighted by atomic mass is 32.2. The van der Waals surface area contributed by atoms with E-state index in [0.29, 0.717) is 16.8 Å². The fourth-order valence-electron chi connectivity index (χ4n) is 2.05. The molecule has 0 spiro atoms. The highest BCUT2D eigenvalue weighted by Crippen LogP contribution is 2.29. The van der Waals surface area contributed by atoms with Gasteiger partial charge in [0.15, 0.2) is 0 Å². The standard InChI is InChI=1S/C16H15F3N2O4S2/c1-10-2-4-12(8-13(10)15(22)23)27(24,25)21-6-7-26-14-5-3-11(9-20-14)16(17,18)19/h2-5,8-9,21H,6-7H2,1H3,(H,22,23). The minimum absolute atomic E-state index is 0.00795. The fraction of sp³-hybridized carbons (Fsp3) is 0.250. The van der Waals surface area contributed by atoms with Crippen molar-refractivity contribution in [2.75, 3.05) is 12.3 Å². The molecule has 0 amide bonds. The van der Waals surface area contributed by atoms with Crippen molar-refractivity contribution >= 4 is 27.8 Å². The number of hydrogen-bond acceptors (Lipinski definition) is 5. The van der Waals surface area contributed by atoms with Gasteiger partial charge in [0.1, 0.15) is 0 Å². The van der Waals surface area contributed by atoms with Crippen LogP contribution in [0.1, 0.15) is 21.5 Å². The van der Waals surface area contributed by atoms with Crippen molar-refractivity contribution in [3.05, 3.63) is 53.2 Å². The number of rotatable bonds is 7. The SMILES string of the molecule is Cc1ccc(S(=O)(=O)NCCSc2ccc(C(F)(F)F)cn2)cc1C(=O)O. The topological polar surface area (TPSA) is 96.4 Å². The molecule has 0 atom stereocenters. The van der Waals surface area contributed by atoms with Crippen LogP contribution in [0.25, 0.3) is 0 Å². The average Bonchev–Trinajstić information content (AvgIpc) is 2.58. The van der Waals surface area contributed by atoms with E-state index < -0.39 is 27.7 Å². The number of benzene rings is 1. The van der Waals surface area contributed by atoms with Crippen molar-refractivity contribution in [2.24, 2.45) is 0 Å². The maximum atomic E-state index is 12.5. The molecule has 0 aliphatic heterocycles. The number of carboxylic acid groups (broad SMARTS) is 1. The number of pyridine rings is 1. The molecular weight excluding hydrogens is 405 g/mol. The Morgan fingerprint density at radius 3 is 2.52 bits per heavy atom. The van der Waals surface area contributed by atoms with Gasteiger partial charge in [0, 0.05) is 18.5 Å². The number of carbonyl (C=O) groups is 1. The molecule has 0 aliphatic rings. The third-order valence-electron chi connectivity index (χ3n) is 3.46. The Bertz CT molecular complexity index is 930. The van der Waals surface area contributed by atoms with Gasteiger partial charge >= 0.3 is 12.1 Å². The third kappa shape index (κ3) is 5.68. The fourth-order valence-corrected chi connectivity index (χ4v) is 3.94. The number of nitrogens with one attached hydrogen (secondary N) is 1. The van der Waals surface area contributed by atoms with Gasteiger partial charge < -0.3 is 5.11 Å². The van der Waals surface area contributed by atoms with Crippen LogP contribution >= 0.6 is 11.8 Å². The number of aromatic carboxylic acids is 1. The number of aryl methyl sites for hydroxylation is 1. The molecule has 0 saturated carbocycles. The largest absolute Gasteiger partial charge is 0.478 e. The number of hydrogen-bond donors (Lipinski definition) is 2. The molecule has 0 fully saturated rings. The van der Waals surface area contributed by atoms with Crippen LogP contribution in [-0.2, 0) is 16.2 Å². The monoisotopic (exact) mass is 420 g/mol. The van der Waals surface area contributed by atoms with E-state index in [4.69, 9.17) is 5.11 Å². The molecule has 6 nitrogen and oxygen atoms in total. The first-order chi connectivity index (χ1) is 12.5. The lowest BCUT2D eigenvalue weighted by Gasteiger charge is -2.09. The first kappa shape index (κ1) is 21.2. The van der Waals surface area contributed by atoms with Crippen molar-refractivity contribution < 1.29 is 31.5 Å². The number of thioether (sulfide) groups is 1. The molecule has 1 heterocycles. The van der Waals surface area contributed by atoms with E-state index in [-0.39, 0.29) is 22.8 Å². The average molecular weight is 420 g/mol. The molecule has 2 rings (SSSR count). The molecule has 0 aliphatic carbocycles. The Hall–Kier alpha value is -2.11. The number of nitrogens with zero attached hydrogens (tertiary/aromatic N) is 1. The van der Waals surface area contributed by atoms with Crippen LogP contribution < -0.4 is 4.72 Å². The number of aromatic nitrogens is 1. The molecular formula is C16H15F3N2O4S2. The van der Waals surface area contributed by atoms with Gasteiger partial charge in [-0.15, -0.1) is 11.8 Å². The Labute approximate surface area is 157 Å². The smallest absolute Gasteiger partial charge is 0.417 e. The second kappa shape index (κ2) is 8.28. The molecule has 2 N–H and O–H groups in total. The number of alkyl halides is 3. The third-order valence-corrected chi connectivity index (χ3v) is 5.86. The van der Waals surface area contributed by atoms with E-state index in [1.54, 1.807) is 6.92 Å². The van der Waals surface area contributed by atoms with E-state index in [2.05, 4.69) is 9.71 Å². The summed E-state index contributed by atoms with van der Waals surface area (Å²) in [6.07, 6.45) is -3.75. The lowest BCUT2D eigenvalue weighted by atomic mass is 10.1. The van der Waals surface area contributed by atoms with E-state index in [9.17, 15) is 26.4 Å². The zero-order valence-corrected chi connectivity index (χ0v) is 15.6. The van der Waals surface area contributed by atoms with E-state index in [0.717, 1.165) is 23.9 Å². The van der Waals surface area contributed by atoms with Gasteiger partial charge in [0.25, 0.3) is 0 Å². The molecule has 0 radical (unpaired) electrons. The Morgan fingerprint density at radius 2 is 1.96 bits per heavy atom. The van der Waals surface area contributed by atoms with Gasteiger partial charge in [-0.3, -0.25) is 0 Å². The summed E-state index contributed by atoms with van der Waals surface area (Å²) in [4.78, 5) is 14.6. The minimum atomic E-state index is -4.46. The summed E-state index contributed by atoms with van der Waals surface area (Å²) in [5.74, 6) is -0.997. The molecule has 2 aromatic rings. The molecule has 146 valence electrons. The van der Waals surface area contributed by atoms with E-state index >= 15 is 0 Å². The zero-order valence-electron chi connectivity index (χ0n) is 13.9. The maximum Gasteiger partial charge on any atom is 0.417 e. The van der Waals surface area contributed by atoms with Gasteiger partial charge in [0.2, 0.25) is 10.0 Å². The normalized spacial score (nSPS) is 12.1. The van der Waals surface area contributed by atoms with Crippen LogP contribution in [0.15, 0.2) is 46.5 Å². The Kier molecular flexibility index (Phi) is 6.50. The maximum absolute atomic E-state index is 12.5. The molecule has 1 aromatic heterocycles. The Morgan fingerprint density at radius 1 is 1.26 bits per heavy atom. The minimum Gasteiger partial charge on any atom is -0.478 e. The number of carboxylic acids is 1. The molecule has 0 unspecified atom stereocenters. The summed E-state index contributed by atoms with van der Waals surface area (Å²) in [5, 5.41) is 9.39. The zero-order chi connectivity index (χ0) is 20.2. The summed E-state index contributed by atoms with van der Waals surface area (Å²) in [7, 11) is -3.91. The van der Waals surface area contributed by atoms with E-state index in [1.807, 2.05) is 0 Å². The molecule has 27 heavy (non-hydrogen) atoms. The lowest BCUT2D eigenvalue weighted by Crippen LogP contribution is -2.26. The van der Waals surface area contributed by atoms with E-state index in [1.165, 1.54) is 18.2 Å². The highest BCUT2D eigenvalue weighted by molar-refractivity contribution is 7.99. The molecule has 0 bridgehead atoms. The van der Waals surface area contributed by atoms with Gasteiger partial charge in [-0.2, -0.15) is 13.2 Å². The predicted molar refractivity (Wildman–Crippen MR) is 93.3 cm³/mol. The first-order valence-electron chi connectivity index (χ1n) is 7.50. The van der Waals surface area contributed by atoms with Crippen LogP contribution in [0.3, 0.4) is 0 Å². The summed E-state index contributed by atoms with van der Waals surface area (Å²) in [5.41, 5.74) is -0.534. The van der Waals surface area contributed by atoms with Crippen LogP contribution in [-0.4, -0.2) is 36.8 Å². The lowest BCUT2D eigenvalue weighted by molar-refractivity contribution is -0.137. The summed E-state index contributed by atoms with van der Waals surface area (Å²) >= 11 is 1.09. The van der Waals surface area contributed by atoms with Crippen molar-refractivity contribution in [2.45, 2.75) is 23.0 Å². The van der Waals surface area contributed by atoms with Crippen LogP contribution in [0.5, 0.6) is 0 Å². The van der Waals surface area contributed by atoms with Crippen molar-refractivity contribution in [1.29, 1.82) is 0 Å². The molecule has 11 heteroatoms. The first-order valence-corrected chi connectivity index (χ1v) is 9.97. The van der Waals surface area contributed by atoms with Gasteiger partial charge in [-0.25, -0.2) is 22.9 Å². The van der Waals surface area contributed by atoms with Crippen LogP contribution in [0.4, 0.5) is 13.2 Å². The van der Waals surface area contributed by atoms with Crippen molar-refractivity contribution in [3.63, 3.8) is 0 Å². The second-order valence-corrected chi connectivity index (χ2v) is 8.29. The summed E-state index contributed by atoms with van der Waals surface area (Å²) in [6, 6.07) is 5.89. The summed E-state index contributed by atoms with van der Waals surface area (Å²) in [6.45, 7) is 1.55. The van der Waals surface area contributed by atoms with Gasteiger partial charge in [-0.05, 0) is 36.8 Å². The predicted octanol–water partition coefficient (Wildman–Crippen LogP) is 3.18. The van der Waals surface area contributed by atoms with Crippen LogP contribution in [0, 0.1) is 6.92 Å². The highest BCUT2D eigenvalue weighted by Gasteiger charge is 2.30. The van der Waals surface area contributed by atoms with Gasteiger partial charge in [0.05, 0.1) is 21.0 Å². The number of halogens is 3. The number of sulfonamides is 1. The van der Waals surface area contributed by atoms with Crippen LogP contribution in [0.2, 0.25) is 0 Å². The molecule has 1 aromatic carbocycles. The molecule has 0 saturated heterocycles. The van der Waals surface area contributed by atoms with Crippen molar-refractivity contribution in [1.82, 2.24) is 9.71 Å². The summed E-state index contributed by atoms with van der Waals surface area (Å²) < 4.78 is 64.2. The van der Waals surface area contributed by atoms with Gasteiger partial charge in [-0.1, -0.05) is 6.07 Å².